The van der Waals surface area contributed by atoms with E-state index in [1.54, 1.807) is 0 Å². The van der Waals surface area contributed by atoms with E-state index >= 15 is 0 Å². The molecule has 1 saturated heterocycles. The topological polar surface area (TPSA) is 70.2 Å². The minimum Gasteiger partial charge on any atom is -0.368 e. The number of carbonyl (C=O) groups is 1. The summed E-state index contributed by atoms with van der Waals surface area (Å²) in [7, 11) is 0. The molecule has 2 heterocycles. The number of hydrogen-bond donors (Lipinski definition) is 2. The minimum atomic E-state index is 0.172. The minimum absolute atomic E-state index is 0.172. The number of amides is 1. The molecule has 1 saturated carbocycles. The number of hydrogen-bond acceptors (Lipinski definition) is 5. The van der Waals surface area contributed by atoms with Crippen molar-refractivity contribution in [2.75, 3.05) is 36.4 Å². The maximum Gasteiger partial charge on any atom is 0.220 e. The second kappa shape index (κ2) is 9.02. The molecule has 6 nitrogen and oxygen atoms in total. The first-order valence-electron chi connectivity index (χ1n) is 9.82. The predicted molar refractivity (Wildman–Crippen MR) is 101 cm³/mol. The fraction of sp³-hybridized carbons (Fsp3) is 0.737. The van der Waals surface area contributed by atoms with Gasteiger partial charge in [-0.15, -0.1) is 0 Å². The molecule has 0 atom stereocenters. The number of nitrogens with one attached hydrogen (secondary N) is 2. The summed E-state index contributed by atoms with van der Waals surface area (Å²) in [6, 6.07) is 2.01. The van der Waals surface area contributed by atoms with Crippen LogP contribution >= 0.6 is 0 Å². The maximum absolute atomic E-state index is 11.9. The molecular formula is C19H31N5O. The average molecular weight is 345 g/mol. The third kappa shape index (κ3) is 5.58. The van der Waals surface area contributed by atoms with E-state index in [2.05, 4.69) is 25.5 Å². The fourth-order valence-electron chi connectivity index (χ4n) is 3.87. The van der Waals surface area contributed by atoms with Crippen LogP contribution in [0.3, 0.4) is 0 Å². The summed E-state index contributed by atoms with van der Waals surface area (Å²) in [5.74, 6) is 3.58. The Morgan fingerprint density at radius 3 is 2.68 bits per heavy atom. The molecule has 6 heteroatoms. The lowest BCUT2D eigenvalue weighted by Gasteiger charge is -2.18. The van der Waals surface area contributed by atoms with Crippen LogP contribution in [0.1, 0.15) is 57.2 Å². The van der Waals surface area contributed by atoms with Gasteiger partial charge in [-0.25, -0.2) is 9.97 Å². The summed E-state index contributed by atoms with van der Waals surface area (Å²) in [6.45, 7) is 5.39. The van der Waals surface area contributed by atoms with Gasteiger partial charge in [0.1, 0.15) is 17.5 Å². The summed E-state index contributed by atoms with van der Waals surface area (Å²) in [5.41, 5.74) is 0. The Kier molecular flexibility index (Phi) is 6.48. The van der Waals surface area contributed by atoms with Crippen LogP contribution in [-0.4, -0.2) is 42.1 Å². The Morgan fingerprint density at radius 2 is 1.92 bits per heavy atom. The van der Waals surface area contributed by atoms with Gasteiger partial charge in [0.25, 0.3) is 0 Å². The molecule has 1 aliphatic heterocycles. The first-order valence-corrected chi connectivity index (χ1v) is 9.82. The van der Waals surface area contributed by atoms with E-state index in [0.29, 0.717) is 19.5 Å². The monoisotopic (exact) mass is 345 g/mol. The molecular weight excluding hydrogens is 314 g/mol. The van der Waals surface area contributed by atoms with Gasteiger partial charge in [-0.1, -0.05) is 25.7 Å². The molecule has 0 aromatic carbocycles. The second-order valence-corrected chi connectivity index (χ2v) is 7.32. The Balaban J connectivity index is 1.37. The van der Waals surface area contributed by atoms with Gasteiger partial charge in [-0.3, -0.25) is 4.79 Å². The zero-order chi connectivity index (χ0) is 17.5. The number of nitrogens with zero attached hydrogens (tertiary/aromatic N) is 3. The van der Waals surface area contributed by atoms with Gasteiger partial charge >= 0.3 is 0 Å². The molecule has 1 aromatic rings. The number of aromatic nitrogens is 2. The van der Waals surface area contributed by atoms with Crippen molar-refractivity contribution in [1.82, 2.24) is 15.3 Å². The summed E-state index contributed by atoms with van der Waals surface area (Å²) in [6.07, 6.45) is 9.47. The highest BCUT2D eigenvalue weighted by molar-refractivity contribution is 5.75. The molecule has 0 bridgehead atoms. The third-order valence-corrected chi connectivity index (χ3v) is 5.26. The molecule has 1 amide bonds. The van der Waals surface area contributed by atoms with E-state index in [0.717, 1.165) is 42.9 Å². The lowest BCUT2D eigenvalue weighted by Crippen LogP contribution is -2.29. The van der Waals surface area contributed by atoms with Crippen molar-refractivity contribution in [1.29, 1.82) is 0 Å². The Bertz CT molecular complexity index is 565. The van der Waals surface area contributed by atoms with Gasteiger partial charge in [-0.05, 0) is 32.1 Å². The first-order chi connectivity index (χ1) is 12.2. The molecule has 1 aromatic heterocycles. The largest absolute Gasteiger partial charge is 0.368 e. The molecule has 1 aliphatic carbocycles. The summed E-state index contributed by atoms with van der Waals surface area (Å²) in [5, 5.41) is 6.32. The smallest absolute Gasteiger partial charge is 0.220 e. The van der Waals surface area contributed by atoms with Crippen molar-refractivity contribution in [3.63, 3.8) is 0 Å². The predicted octanol–water partition coefficient (Wildman–Crippen LogP) is 2.88. The summed E-state index contributed by atoms with van der Waals surface area (Å²) < 4.78 is 0. The second-order valence-electron chi connectivity index (χ2n) is 7.32. The van der Waals surface area contributed by atoms with E-state index in [-0.39, 0.29) is 5.91 Å². The number of aryl methyl sites for hydroxylation is 1. The SMILES string of the molecule is Cc1nc(NCCNC(=O)CCC2CCCC2)cc(N2CCCC2)n1. The Morgan fingerprint density at radius 1 is 1.16 bits per heavy atom. The molecule has 3 rings (SSSR count). The van der Waals surface area contributed by atoms with E-state index in [1.165, 1.54) is 38.5 Å². The van der Waals surface area contributed by atoms with Gasteiger partial charge in [0.15, 0.2) is 0 Å². The molecule has 2 N–H and O–H groups in total. The molecule has 2 fully saturated rings. The van der Waals surface area contributed by atoms with Crippen molar-refractivity contribution >= 4 is 17.5 Å². The molecule has 2 aliphatic rings. The zero-order valence-electron chi connectivity index (χ0n) is 15.4. The van der Waals surface area contributed by atoms with Crippen molar-refractivity contribution < 1.29 is 4.79 Å². The van der Waals surface area contributed by atoms with E-state index in [4.69, 9.17) is 0 Å². The quantitative estimate of drug-likeness (QED) is 0.709. The van der Waals surface area contributed by atoms with Crippen LogP contribution in [0.4, 0.5) is 11.6 Å². The summed E-state index contributed by atoms with van der Waals surface area (Å²) in [4.78, 5) is 23.2. The molecule has 138 valence electrons. The van der Waals surface area contributed by atoms with E-state index in [9.17, 15) is 4.79 Å². The molecule has 0 spiro atoms. The van der Waals surface area contributed by atoms with Crippen LogP contribution in [0.25, 0.3) is 0 Å². The van der Waals surface area contributed by atoms with Crippen LogP contribution in [0.15, 0.2) is 6.07 Å². The van der Waals surface area contributed by atoms with Gasteiger partial charge in [0.05, 0.1) is 0 Å². The van der Waals surface area contributed by atoms with Crippen molar-refractivity contribution in [2.45, 2.75) is 58.3 Å². The number of rotatable bonds is 8. The highest BCUT2D eigenvalue weighted by atomic mass is 16.1. The maximum atomic E-state index is 11.9. The van der Waals surface area contributed by atoms with E-state index in [1.807, 2.05) is 13.0 Å². The normalized spacial score (nSPS) is 17.9. The van der Waals surface area contributed by atoms with Crippen LogP contribution in [0, 0.1) is 12.8 Å². The Hall–Kier alpha value is -1.85. The molecule has 0 unspecified atom stereocenters. The lowest BCUT2D eigenvalue weighted by atomic mass is 10.0. The van der Waals surface area contributed by atoms with Crippen molar-refractivity contribution in [2.24, 2.45) is 5.92 Å². The molecule has 25 heavy (non-hydrogen) atoms. The van der Waals surface area contributed by atoms with E-state index < -0.39 is 0 Å². The Labute approximate surface area is 150 Å². The van der Waals surface area contributed by atoms with Crippen molar-refractivity contribution in [3.05, 3.63) is 11.9 Å². The van der Waals surface area contributed by atoms with Gasteiger partial charge < -0.3 is 15.5 Å². The van der Waals surface area contributed by atoms with Gasteiger partial charge in [0.2, 0.25) is 5.91 Å². The first kappa shape index (κ1) is 18.0. The summed E-state index contributed by atoms with van der Waals surface area (Å²) >= 11 is 0. The third-order valence-electron chi connectivity index (χ3n) is 5.26. The highest BCUT2D eigenvalue weighted by Gasteiger charge is 2.16. The van der Waals surface area contributed by atoms with Crippen molar-refractivity contribution in [3.8, 4) is 0 Å². The number of carbonyl (C=O) groups excluding carboxylic acids is 1. The van der Waals surface area contributed by atoms with Crippen LogP contribution in [0.2, 0.25) is 0 Å². The van der Waals surface area contributed by atoms with Gasteiger partial charge in [-0.2, -0.15) is 0 Å². The zero-order valence-corrected chi connectivity index (χ0v) is 15.4. The molecule has 0 radical (unpaired) electrons. The van der Waals surface area contributed by atoms with Crippen LogP contribution in [-0.2, 0) is 4.79 Å². The van der Waals surface area contributed by atoms with Gasteiger partial charge in [0, 0.05) is 38.7 Å². The van der Waals surface area contributed by atoms with Crippen LogP contribution in [0.5, 0.6) is 0 Å². The average Bonchev–Trinajstić information content (AvgIpc) is 3.30. The lowest BCUT2D eigenvalue weighted by molar-refractivity contribution is -0.121. The number of anilines is 2. The fourth-order valence-corrected chi connectivity index (χ4v) is 3.87. The highest BCUT2D eigenvalue weighted by Crippen LogP contribution is 2.28. The van der Waals surface area contributed by atoms with Crippen LogP contribution < -0.4 is 15.5 Å². The standard InChI is InChI=1S/C19H31N5O/c1-15-22-17(14-18(23-15)24-12-4-5-13-24)20-10-11-21-19(25)9-8-16-6-2-3-7-16/h14,16H,2-13H2,1H3,(H,21,25)(H,20,22,23).